The minimum atomic E-state index is -0.932. The van der Waals surface area contributed by atoms with Crippen LogP contribution in [0.3, 0.4) is 0 Å². The van der Waals surface area contributed by atoms with Gasteiger partial charge in [-0.15, -0.1) is 0 Å². The van der Waals surface area contributed by atoms with Crippen molar-refractivity contribution in [1.29, 1.82) is 0 Å². The molecule has 3 nitrogen and oxygen atoms in total. The number of ether oxygens (including phenoxy) is 2. The van der Waals surface area contributed by atoms with Crippen molar-refractivity contribution in [2.75, 3.05) is 7.11 Å². The summed E-state index contributed by atoms with van der Waals surface area (Å²) in [6, 6.07) is 7.77. The standard InChI is InChI=1S/C18H24O3/c1-13(2)15-9-10-18(3,19)17(11-15)21-12-14-5-7-16(20-4)8-6-14/h5-10,15,17,19H,1,11-12H2,2-4H3/t15-,17?,18+/m0/s1. The predicted molar refractivity (Wildman–Crippen MR) is 84.3 cm³/mol. The van der Waals surface area contributed by atoms with E-state index in [1.807, 2.05) is 43.3 Å². The lowest BCUT2D eigenvalue weighted by Gasteiger charge is -2.36. The van der Waals surface area contributed by atoms with Gasteiger partial charge in [0.05, 0.1) is 19.8 Å². The average molecular weight is 288 g/mol. The van der Waals surface area contributed by atoms with Crippen LogP contribution in [0.15, 0.2) is 48.6 Å². The number of hydrogen-bond acceptors (Lipinski definition) is 3. The van der Waals surface area contributed by atoms with Gasteiger partial charge in [-0.25, -0.2) is 0 Å². The maximum Gasteiger partial charge on any atom is 0.118 e. The zero-order valence-corrected chi connectivity index (χ0v) is 13.0. The van der Waals surface area contributed by atoms with Crippen molar-refractivity contribution in [3.05, 3.63) is 54.1 Å². The van der Waals surface area contributed by atoms with Gasteiger partial charge in [0, 0.05) is 0 Å². The molecular formula is C18H24O3. The van der Waals surface area contributed by atoms with Gasteiger partial charge in [0.2, 0.25) is 0 Å². The van der Waals surface area contributed by atoms with Crippen LogP contribution in [0.4, 0.5) is 0 Å². The second-order valence-corrected chi connectivity index (χ2v) is 5.92. The molecule has 3 heteroatoms. The number of rotatable bonds is 5. The quantitative estimate of drug-likeness (QED) is 0.843. The van der Waals surface area contributed by atoms with E-state index in [1.165, 1.54) is 0 Å². The maximum absolute atomic E-state index is 10.4. The molecule has 0 bridgehead atoms. The Hall–Kier alpha value is -1.58. The molecule has 1 aromatic rings. The molecule has 0 saturated carbocycles. The minimum Gasteiger partial charge on any atom is -0.497 e. The predicted octanol–water partition coefficient (Wildman–Crippen LogP) is 3.48. The SMILES string of the molecule is C=C(C)[C@H]1C=C[C@@](C)(O)C(OCc2ccc(OC)cc2)C1. The zero-order valence-electron chi connectivity index (χ0n) is 13.0. The van der Waals surface area contributed by atoms with Gasteiger partial charge in [-0.2, -0.15) is 0 Å². The molecule has 1 N–H and O–H groups in total. The van der Waals surface area contributed by atoms with E-state index in [-0.39, 0.29) is 12.0 Å². The van der Waals surface area contributed by atoms with E-state index in [0.717, 1.165) is 23.3 Å². The monoisotopic (exact) mass is 288 g/mol. The Morgan fingerprint density at radius 1 is 1.38 bits per heavy atom. The summed E-state index contributed by atoms with van der Waals surface area (Å²) in [5, 5.41) is 10.4. The fourth-order valence-electron chi connectivity index (χ4n) is 2.49. The van der Waals surface area contributed by atoms with Gasteiger partial charge in [0.1, 0.15) is 11.4 Å². The second kappa shape index (κ2) is 6.46. The number of aliphatic hydroxyl groups is 1. The third-order valence-corrected chi connectivity index (χ3v) is 4.03. The first-order chi connectivity index (χ1) is 9.92. The van der Waals surface area contributed by atoms with Crippen LogP contribution in [-0.4, -0.2) is 23.9 Å². The zero-order chi connectivity index (χ0) is 15.5. The molecule has 0 aromatic heterocycles. The Balaban J connectivity index is 2.00. The highest BCUT2D eigenvalue weighted by molar-refractivity contribution is 5.27. The lowest BCUT2D eigenvalue weighted by molar-refractivity contribution is -0.0900. The first-order valence-electron chi connectivity index (χ1n) is 7.24. The molecular weight excluding hydrogens is 264 g/mol. The lowest BCUT2D eigenvalue weighted by Crippen LogP contribution is -2.43. The van der Waals surface area contributed by atoms with Crippen molar-refractivity contribution in [2.24, 2.45) is 5.92 Å². The Morgan fingerprint density at radius 2 is 2.05 bits per heavy atom. The van der Waals surface area contributed by atoms with E-state index in [4.69, 9.17) is 9.47 Å². The molecule has 0 spiro atoms. The van der Waals surface area contributed by atoms with Gasteiger partial charge in [0.15, 0.2) is 0 Å². The first-order valence-corrected chi connectivity index (χ1v) is 7.24. The van der Waals surface area contributed by atoms with Crippen molar-refractivity contribution in [1.82, 2.24) is 0 Å². The summed E-state index contributed by atoms with van der Waals surface area (Å²) in [4.78, 5) is 0. The van der Waals surface area contributed by atoms with Crippen molar-refractivity contribution in [3.8, 4) is 5.75 Å². The van der Waals surface area contributed by atoms with Crippen LogP contribution in [0.5, 0.6) is 5.75 Å². The molecule has 0 heterocycles. The Morgan fingerprint density at radius 3 is 2.62 bits per heavy atom. The molecule has 1 aliphatic rings. The molecule has 2 rings (SSSR count). The van der Waals surface area contributed by atoms with Gasteiger partial charge in [-0.1, -0.05) is 36.4 Å². The van der Waals surface area contributed by atoms with Crippen molar-refractivity contribution in [3.63, 3.8) is 0 Å². The molecule has 0 radical (unpaired) electrons. The minimum absolute atomic E-state index is 0.230. The van der Waals surface area contributed by atoms with Crippen LogP contribution in [0.25, 0.3) is 0 Å². The van der Waals surface area contributed by atoms with Gasteiger partial charge in [-0.3, -0.25) is 0 Å². The van der Waals surface area contributed by atoms with E-state index in [2.05, 4.69) is 6.58 Å². The molecule has 1 unspecified atom stereocenters. The molecule has 0 amide bonds. The van der Waals surface area contributed by atoms with Crippen molar-refractivity contribution < 1.29 is 14.6 Å². The first kappa shape index (κ1) is 15.8. The molecule has 0 aliphatic heterocycles. The van der Waals surface area contributed by atoms with Crippen LogP contribution >= 0.6 is 0 Å². The summed E-state index contributed by atoms with van der Waals surface area (Å²) in [5.41, 5.74) is 1.23. The Bertz CT molecular complexity index is 514. The number of hydrogen-bond donors (Lipinski definition) is 1. The van der Waals surface area contributed by atoms with Gasteiger partial charge in [0.25, 0.3) is 0 Å². The summed E-state index contributed by atoms with van der Waals surface area (Å²) in [6.45, 7) is 8.27. The highest BCUT2D eigenvalue weighted by atomic mass is 16.5. The fourth-order valence-corrected chi connectivity index (χ4v) is 2.49. The maximum atomic E-state index is 10.4. The molecule has 114 valence electrons. The lowest BCUT2D eigenvalue weighted by atomic mass is 9.81. The van der Waals surface area contributed by atoms with E-state index in [1.54, 1.807) is 14.0 Å². The third-order valence-electron chi connectivity index (χ3n) is 4.03. The normalized spacial score (nSPS) is 28.4. The van der Waals surface area contributed by atoms with Crippen LogP contribution < -0.4 is 4.74 Å². The number of methoxy groups -OCH3 is 1. The summed E-state index contributed by atoms with van der Waals surface area (Å²) < 4.78 is 11.1. The fraction of sp³-hybridized carbons (Fsp3) is 0.444. The third kappa shape index (κ3) is 3.96. The average Bonchev–Trinajstić information content (AvgIpc) is 2.46. The Kier molecular flexibility index (Phi) is 4.86. The van der Waals surface area contributed by atoms with Crippen molar-refractivity contribution in [2.45, 2.75) is 38.6 Å². The molecule has 0 fully saturated rings. The summed E-state index contributed by atoms with van der Waals surface area (Å²) in [7, 11) is 1.65. The van der Waals surface area contributed by atoms with E-state index >= 15 is 0 Å². The van der Waals surface area contributed by atoms with Crippen LogP contribution in [0.1, 0.15) is 25.8 Å². The topological polar surface area (TPSA) is 38.7 Å². The van der Waals surface area contributed by atoms with Crippen LogP contribution in [0.2, 0.25) is 0 Å². The second-order valence-electron chi connectivity index (χ2n) is 5.92. The summed E-state index contributed by atoms with van der Waals surface area (Å²) in [6.07, 6.45) is 4.38. The highest BCUT2D eigenvalue weighted by Gasteiger charge is 2.35. The van der Waals surface area contributed by atoms with Crippen LogP contribution in [-0.2, 0) is 11.3 Å². The number of allylic oxidation sites excluding steroid dienone is 2. The highest BCUT2D eigenvalue weighted by Crippen LogP contribution is 2.32. The molecule has 1 aromatic carbocycles. The van der Waals surface area contributed by atoms with Gasteiger partial charge in [-0.05, 0) is 43.9 Å². The van der Waals surface area contributed by atoms with Crippen LogP contribution in [0, 0.1) is 5.92 Å². The smallest absolute Gasteiger partial charge is 0.118 e. The Labute approximate surface area is 126 Å². The van der Waals surface area contributed by atoms with Gasteiger partial charge < -0.3 is 14.6 Å². The largest absolute Gasteiger partial charge is 0.497 e. The van der Waals surface area contributed by atoms with Crippen molar-refractivity contribution >= 4 is 0 Å². The van der Waals surface area contributed by atoms with E-state index in [9.17, 15) is 5.11 Å². The summed E-state index contributed by atoms with van der Waals surface area (Å²) in [5.74, 6) is 1.10. The molecule has 1 aliphatic carbocycles. The van der Waals surface area contributed by atoms with E-state index < -0.39 is 5.60 Å². The molecule has 0 saturated heterocycles. The number of benzene rings is 1. The van der Waals surface area contributed by atoms with Gasteiger partial charge >= 0.3 is 0 Å². The molecule has 21 heavy (non-hydrogen) atoms. The molecule has 3 atom stereocenters. The summed E-state index contributed by atoms with van der Waals surface area (Å²) >= 11 is 0. The van der Waals surface area contributed by atoms with E-state index in [0.29, 0.717) is 6.61 Å².